The molecule has 1 aliphatic carbocycles. The second kappa shape index (κ2) is 1.05. The highest BCUT2D eigenvalue weighted by atomic mass is 16.4. The van der Waals surface area contributed by atoms with E-state index in [-0.39, 0.29) is 12.2 Å². The molecule has 0 aromatic heterocycles. The van der Waals surface area contributed by atoms with Crippen LogP contribution in [-0.4, -0.2) is 16.9 Å². The van der Waals surface area contributed by atoms with Crippen LogP contribution in [0.2, 0.25) is 0 Å². The standard InChI is InChI=1S/C4H4O3/c5-3-1-2(3)4(6)7/h2H,1H2,(H,6,7). The molecule has 1 saturated carbocycles. The second-order valence-corrected chi connectivity index (χ2v) is 1.56. The second-order valence-electron chi connectivity index (χ2n) is 1.56. The summed E-state index contributed by atoms with van der Waals surface area (Å²) < 4.78 is 0. The van der Waals surface area contributed by atoms with Crippen molar-refractivity contribution in [2.45, 2.75) is 6.42 Å². The molecular formula is C4H4O3. The molecule has 0 aromatic carbocycles. The van der Waals surface area contributed by atoms with E-state index in [9.17, 15) is 9.59 Å². The van der Waals surface area contributed by atoms with Crippen LogP contribution < -0.4 is 0 Å². The molecule has 0 spiro atoms. The quantitative estimate of drug-likeness (QED) is 0.458. The number of aliphatic carboxylic acids is 1. The van der Waals surface area contributed by atoms with Crippen molar-refractivity contribution in [3.05, 3.63) is 0 Å². The van der Waals surface area contributed by atoms with Crippen molar-refractivity contribution in [1.82, 2.24) is 0 Å². The van der Waals surface area contributed by atoms with Gasteiger partial charge in [-0.25, -0.2) is 0 Å². The van der Waals surface area contributed by atoms with Crippen LogP contribution in [0, 0.1) is 5.92 Å². The number of ketones is 1. The Hall–Kier alpha value is -0.860. The molecule has 3 nitrogen and oxygen atoms in total. The number of hydrogen-bond donors (Lipinski definition) is 1. The molecule has 1 atom stereocenters. The van der Waals surface area contributed by atoms with E-state index in [0.29, 0.717) is 0 Å². The van der Waals surface area contributed by atoms with Crippen molar-refractivity contribution >= 4 is 11.8 Å². The van der Waals surface area contributed by atoms with Gasteiger partial charge in [-0.05, 0) is 0 Å². The lowest BCUT2D eigenvalue weighted by molar-refractivity contribution is -0.139. The van der Waals surface area contributed by atoms with E-state index in [2.05, 4.69) is 0 Å². The maximum absolute atomic E-state index is 9.95. The van der Waals surface area contributed by atoms with Gasteiger partial charge in [0, 0.05) is 6.42 Å². The highest BCUT2D eigenvalue weighted by Gasteiger charge is 2.41. The minimum absolute atomic E-state index is 0.146. The van der Waals surface area contributed by atoms with Crippen LogP contribution in [0.3, 0.4) is 0 Å². The van der Waals surface area contributed by atoms with E-state index >= 15 is 0 Å². The summed E-state index contributed by atoms with van der Waals surface area (Å²) >= 11 is 0. The van der Waals surface area contributed by atoms with Crippen LogP contribution in [0.15, 0.2) is 0 Å². The number of carbonyl (C=O) groups is 2. The molecule has 0 bridgehead atoms. The number of carbonyl (C=O) groups excluding carboxylic acids is 1. The molecule has 1 N–H and O–H groups in total. The van der Waals surface area contributed by atoms with Crippen molar-refractivity contribution in [1.29, 1.82) is 0 Å². The zero-order valence-corrected chi connectivity index (χ0v) is 3.55. The van der Waals surface area contributed by atoms with Crippen LogP contribution >= 0.6 is 0 Å². The Kier molecular flexibility index (Phi) is 0.648. The van der Waals surface area contributed by atoms with Crippen molar-refractivity contribution in [2.75, 3.05) is 0 Å². The normalized spacial score (nSPS) is 27.4. The fraction of sp³-hybridized carbons (Fsp3) is 0.500. The van der Waals surface area contributed by atoms with Gasteiger partial charge in [-0.15, -0.1) is 0 Å². The minimum Gasteiger partial charge on any atom is -0.481 e. The average Bonchev–Trinajstić information content (AvgIpc) is 2.17. The topological polar surface area (TPSA) is 54.4 Å². The molecule has 0 aromatic rings. The van der Waals surface area contributed by atoms with E-state index < -0.39 is 11.9 Å². The van der Waals surface area contributed by atoms with Gasteiger partial charge in [-0.1, -0.05) is 0 Å². The number of carboxylic acid groups (broad SMARTS) is 1. The van der Waals surface area contributed by atoms with Crippen molar-refractivity contribution in [2.24, 2.45) is 5.92 Å². The Bertz CT molecular complexity index is 127. The zero-order chi connectivity index (χ0) is 5.44. The van der Waals surface area contributed by atoms with Crippen LogP contribution in [0.5, 0.6) is 0 Å². The van der Waals surface area contributed by atoms with Crippen LogP contribution in [0.4, 0.5) is 0 Å². The summed E-state index contributed by atoms with van der Waals surface area (Å²) in [6.45, 7) is 0. The van der Waals surface area contributed by atoms with E-state index in [4.69, 9.17) is 5.11 Å². The molecule has 38 valence electrons. The third-order valence-electron chi connectivity index (χ3n) is 0.932. The van der Waals surface area contributed by atoms with E-state index in [0.717, 1.165) is 0 Å². The monoisotopic (exact) mass is 100 g/mol. The third-order valence-corrected chi connectivity index (χ3v) is 0.932. The molecule has 1 unspecified atom stereocenters. The first-order valence-electron chi connectivity index (χ1n) is 1.97. The number of Topliss-reactive ketones (excluding diaryl/α,β-unsaturated/α-hetero) is 1. The Balaban J connectivity index is 2.48. The van der Waals surface area contributed by atoms with E-state index in [1.54, 1.807) is 0 Å². The number of rotatable bonds is 1. The van der Waals surface area contributed by atoms with E-state index in [1.165, 1.54) is 0 Å². The Morgan fingerprint density at radius 1 is 1.86 bits per heavy atom. The molecule has 1 aliphatic rings. The Labute approximate surface area is 39.9 Å². The van der Waals surface area contributed by atoms with Crippen LogP contribution in [0.25, 0.3) is 0 Å². The van der Waals surface area contributed by atoms with Gasteiger partial charge in [0.25, 0.3) is 0 Å². The van der Waals surface area contributed by atoms with Gasteiger partial charge in [0.2, 0.25) is 0 Å². The smallest absolute Gasteiger partial charge is 0.314 e. The first-order valence-corrected chi connectivity index (χ1v) is 1.97. The molecule has 0 saturated heterocycles. The molecular weight excluding hydrogens is 96.0 g/mol. The minimum atomic E-state index is -0.981. The molecule has 0 radical (unpaired) electrons. The van der Waals surface area contributed by atoms with Gasteiger partial charge in [-0.2, -0.15) is 0 Å². The highest BCUT2D eigenvalue weighted by molar-refractivity contribution is 6.11. The van der Waals surface area contributed by atoms with Gasteiger partial charge in [0.05, 0.1) is 0 Å². The molecule has 1 fully saturated rings. The molecule has 0 heterocycles. The largest absolute Gasteiger partial charge is 0.481 e. The lowest BCUT2D eigenvalue weighted by Gasteiger charge is -1.73. The fourth-order valence-corrected chi connectivity index (χ4v) is 0.367. The first kappa shape index (κ1) is 4.30. The maximum Gasteiger partial charge on any atom is 0.314 e. The van der Waals surface area contributed by atoms with Gasteiger partial charge in [0.1, 0.15) is 11.7 Å². The predicted octanol–water partition coefficient (Wildman–Crippen LogP) is -0.340. The summed E-state index contributed by atoms with van der Waals surface area (Å²) in [5.74, 6) is -1.78. The van der Waals surface area contributed by atoms with Gasteiger partial charge >= 0.3 is 5.97 Å². The SMILES string of the molecule is O=C(O)C1CC1=O. The number of carboxylic acids is 1. The Morgan fingerprint density at radius 3 is 2.29 bits per heavy atom. The number of hydrogen-bond acceptors (Lipinski definition) is 2. The summed E-state index contributed by atoms with van der Waals surface area (Å²) in [6, 6.07) is 0. The van der Waals surface area contributed by atoms with Crippen LogP contribution in [0.1, 0.15) is 6.42 Å². The van der Waals surface area contributed by atoms with Crippen molar-refractivity contribution in [3.8, 4) is 0 Å². The van der Waals surface area contributed by atoms with Gasteiger partial charge in [0.15, 0.2) is 0 Å². The molecule has 1 rings (SSSR count). The lowest BCUT2D eigenvalue weighted by Crippen LogP contribution is -1.97. The van der Waals surface area contributed by atoms with Gasteiger partial charge in [-0.3, -0.25) is 9.59 Å². The van der Waals surface area contributed by atoms with Crippen LogP contribution in [-0.2, 0) is 9.59 Å². The van der Waals surface area contributed by atoms with Gasteiger partial charge < -0.3 is 5.11 Å². The third kappa shape index (κ3) is 0.607. The molecule has 3 heteroatoms. The van der Waals surface area contributed by atoms with Crippen molar-refractivity contribution < 1.29 is 14.7 Å². The molecule has 7 heavy (non-hydrogen) atoms. The highest BCUT2D eigenvalue weighted by Crippen LogP contribution is 2.22. The first-order chi connectivity index (χ1) is 3.22. The summed E-state index contributed by atoms with van der Waals surface area (Å²) in [4.78, 5) is 19.7. The zero-order valence-electron chi connectivity index (χ0n) is 3.55. The fourth-order valence-electron chi connectivity index (χ4n) is 0.367. The summed E-state index contributed by atoms with van der Waals surface area (Å²) in [7, 11) is 0. The molecule has 0 aliphatic heterocycles. The average molecular weight is 100 g/mol. The van der Waals surface area contributed by atoms with Crippen molar-refractivity contribution in [3.63, 3.8) is 0 Å². The van der Waals surface area contributed by atoms with E-state index in [1.807, 2.05) is 0 Å². The molecule has 0 amide bonds. The lowest BCUT2D eigenvalue weighted by atomic mass is 10.4. The summed E-state index contributed by atoms with van der Waals surface area (Å²) in [5, 5.41) is 8.00. The summed E-state index contributed by atoms with van der Waals surface area (Å²) in [5.41, 5.74) is 0. The Morgan fingerprint density at radius 2 is 2.29 bits per heavy atom. The summed E-state index contributed by atoms with van der Waals surface area (Å²) in [6.07, 6.45) is 0.245. The maximum atomic E-state index is 9.95. The predicted molar refractivity (Wildman–Crippen MR) is 20.7 cm³/mol.